The van der Waals surface area contributed by atoms with Crippen molar-refractivity contribution < 1.29 is 4.79 Å². The fourth-order valence-corrected chi connectivity index (χ4v) is 1.90. The fraction of sp³-hybridized carbons (Fsp3) is 0.300. The number of benzene rings is 1. The highest BCUT2D eigenvalue weighted by Crippen LogP contribution is 2.26. The first-order valence-electron chi connectivity index (χ1n) is 4.05. The molecule has 0 aromatic heterocycles. The van der Waals surface area contributed by atoms with E-state index < -0.39 is 0 Å². The van der Waals surface area contributed by atoms with Crippen LogP contribution in [0.25, 0.3) is 0 Å². The lowest BCUT2D eigenvalue weighted by Crippen LogP contribution is -1.99. The normalized spacial score (nSPS) is 10.2. The molecule has 1 nitrogen and oxygen atoms in total. The van der Waals surface area contributed by atoms with Gasteiger partial charge in [-0.05, 0) is 31.0 Å². The van der Waals surface area contributed by atoms with Crippen LogP contribution in [0, 0.1) is 0 Å². The Morgan fingerprint density at radius 2 is 2.00 bits per heavy atom. The van der Waals surface area contributed by atoms with Gasteiger partial charge in [-0.2, -0.15) is 0 Å². The quantitative estimate of drug-likeness (QED) is 0.689. The molecule has 0 saturated carbocycles. The van der Waals surface area contributed by atoms with Gasteiger partial charge in [-0.15, -0.1) is 0 Å². The van der Waals surface area contributed by atoms with E-state index in [1.165, 1.54) is 6.92 Å². The van der Waals surface area contributed by atoms with Crippen LogP contribution >= 0.6 is 23.2 Å². The molecule has 0 heterocycles. The van der Waals surface area contributed by atoms with Gasteiger partial charge in [-0.3, -0.25) is 4.79 Å². The van der Waals surface area contributed by atoms with Crippen molar-refractivity contribution in [2.24, 2.45) is 0 Å². The number of hydrogen-bond acceptors (Lipinski definition) is 1. The topological polar surface area (TPSA) is 17.1 Å². The second kappa shape index (κ2) is 4.12. The number of carbonyl (C=O) groups is 1. The lowest BCUT2D eigenvalue weighted by atomic mass is 10.0. The molecule has 0 amide bonds. The molecule has 0 radical (unpaired) electrons. The average Bonchev–Trinajstić information content (AvgIpc) is 2.02. The Hall–Kier alpha value is -0.530. The van der Waals surface area contributed by atoms with Gasteiger partial charge in [0.15, 0.2) is 5.78 Å². The van der Waals surface area contributed by atoms with E-state index in [1.807, 2.05) is 6.92 Å². The van der Waals surface area contributed by atoms with Gasteiger partial charge in [0.2, 0.25) is 0 Å². The molecule has 0 saturated heterocycles. The highest BCUT2D eigenvalue weighted by molar-refractivity contribution is 6.35. The number of rotatable bonds is 2. The summed E-state index contributed by atoms with van der Waals surface area (Å²) in [7, 11) is 0. The molecule has 0 bridgehead atoms. The Morgan fingerprint density at radius 1 is 1.38 bits per heavy atom. The van der Waals surface area contributed by atoms with Crippen LogP contribution in [0.15, 0.2) is 12.1 Å². The van der Waals surface area contributed by atoms with Crippen LogP contribution < -0.4 is 0 Å². The first-order chi connectivity index (χ1) is 6.06. The summed E-state index contributed by atoms with van der Waals surface area (Å²) in [5.41, 5.74) is 1.50. The van der Waals surface area contributed by atoms with E-state index in [4.69, 9.17) is 23.2 Å². The molecule has 0 atom stereocenters. The number of carbonyl (C=O) groups excluding carboxylic acids is 1. The van der Waals surface area contributed by atoms with Gasteiger partial charge in [0.05, 0.1) is 0 Å². The number of hydrogen-bond donors (Lipinski definition) is 0. The van der Waals surface area contributed by atoms with Crippen molar-refractivity contribution in [2.75, 3.05) is 0 Å². The van der Waals surface area contributed by atoms with Gasteiger partial charge < -0.3 is 0 Å². The molecule has 0 aliphatic rings. The SMILES string of the molecule is CCc1c(Cl)cc(Cl)cc1C(C)=O. The van der Waals surface area contributed by atoms with Crippen LogP contribution in [0.2, 0.25) is 10.0 Å². The Kier molecular flexibility index (Phi) is 3.34. The summed E-state index contributed by atoms with van der Waals surface area (Å²) in [5.74, 6) is 0.00116. The standard InChI is InChI=1S/C10H10Cl2O/c1-3-8-9(6(2)13)4-7(11)5-10(8)12/h4-5H,3H2,1-2H3. The zero-order chi connectivity index (χ0) is 10.0. The molecule has 70 valence electrons. The summed E-state index contributed by atoms with van der Waals surface area (Å²) in [6, 6.07) is 3.32. The zero-order valence-corrected chi connectivity index (χ0v) is 9.04. The third kappa shape index (κ3) is 2.23. The predicted molar refractivity (Wildman–Crippen MR) is 55.8 cm³/mol. The molecule has 3 heteroatoms. The van der Waals surface area contributed by atoms with Crippen molar-refractivity contribution in [1.29, 1.82) is 0 Å². The van der Waals surface area contributed by atoms with Crippen LogP contribution in [0.4, 0.5) is 0 Å². The molecule has 0 aliphatic carbocycles. The van der Waals surface area contributed by atoms with E-state index in [0.29, 0.717) is 15.6 Å². The van der Waals surface area contributed by atoms with Crippen molar-refractivity contribution in [3.63, 3.8) is 0 Å². The van der Waals surface area contributed by atoms with Crippen LogP contribution in [0.5, 0.6) is 0 Å². The van der Waals surface area contributed by atoms with E-state index in [2.05, 4.69) is 0 Å². The Morgan fingerprint density at radius 3 is 2.46 bits per heavy atom. The molecule has 1 aromatic rings. The van der Waals surface area contributed by atoms with Crippen LogP contribution in [0.3, 0.4) is 0 Å². The van der Waals surface area contributed by atoms with Crippen molar-refractivity contribution in [1.82, 2.24) is 0 Å². The molecular weight excluding hydrogens is 207 g/mol. The Balaban J connectivity index is 3.38. The number of ketones is 1. The molecule has 0 N–H and O–H groups in total. The summed E-state index contributed by atoms with van der Waals surface area (Å²) in [4.78, 5) is 11.2. The second-order valence-corrected chi connectivity index (χ2v) is 3.67. The number of halogens is 2. The first-order valence-corrected chi connectivity index (χ1v) is 4.80. The summed E-state index contributed by atoms with van der Waals surface area (Å²) >= 11 is 11.7. The third-order valence-corrected chi connectivity index (χ3v) is 2.45. The summed E-state index contributed by atoms with van der Waals surface area (Å²) in [6.45, 7) is 3.47. The van der Waals surface area contributed by atoms with E-state index >= 15 is 0 Å². The minimum Gasteiger partial charge on any atom is -0.294 e. The van der Waals surface area contributed by atoms with Crippen molar-refractivity contribution in [3.8, 4) is 0 Å². The van der Waals surface area contributed by atoms with Crippen LogP contribution in [-0.2, 0) is 6.42 Å². The first kappa shape index (κ1) is 10.6. The minimum atomic E-state index is 0.00116. The number of Topliss-reactive ketones (excluding diaryl/α,β-unsaturated/α-hetero) is 1. The molecule has 0 aliphatic heterocycles. The molecule has 0 spiro atoms. The van der Waals surface area contributed by atoms with Gasteiger partial charge in [-0.1, -0.05) is 30.1 Å². The maximum atomic E-state index is 11.2. The highest BCUT2D eigenvalue weighted by Gasteiger charge is 2.10. The fourth-order valence-electron chi connectivity index (χ4n) is 1.28. The summed E-state index contributed by atoms with van der Waals surface area (Å²) < 4.78 is 0. The monoisotopic (exact) mass is 216 g/mol. The second-order valence-electron chi connectivity index (χ2n) is 2.82. The molecule has 0 fully saturated rings. The maximum Gasteiger partial charge on any atom is 0.160 e. The smallest absolute Gasteiger partial charge is 0.160 e. The molecule has 1 aromatic carbocycles. The van der Waals surface area contributed by atoms with Crippen molar-refractivity contribution in [2.45, 2.75) is 20.3 Å². The van der Waals surface area contributed by atoms with E-state index in [1.54, 1.807) is 12.1 Å². The van der Waals surface area contributed by atoms with Gasteiger partial charge in [0.25, 0.3) is 0 Å². The lowest BCUT2D eigenvalue weighted by Gasteiger charge is -2.07. The average molecular weight is 217 g/mol. The molecule has 1 rings (SSSR count). The Bertz CT molecular complexity index is 345. The summed E-state index contributed by atoms with van der Waals surface area (Å²) in [6.07, 6.45) is 0.741. The van der Waals surface area contributed by atoms with E-state index in [9.17, 15) is 4.79 Å². The summed E-state index contributed by atoms with van der Waals surface area (Å²) in [5, 5.41) is 1.08. The molecule has 13 heavy (non-hydrogen) atoms. The zero-order valence-electron chi connectivity index (χ0n) is 7.53. The molecular formula is C10H10Cl2O. The van der Waals surface area contributed by atoms with Gasteiger partial charge in [-0.25, -0.2) is 0 Å². The largest absolute Gasteiger partial charge is 0.294 e. The van der Waals surface area contributed by atoms with Crippen molar-refractivity contribution in [3.05, 3.63) is 33.3 Å². The van der Waals surface area contributed by atoms with Gasteiger partial charge >= 0.3 is 0 Å². The predicted octanol–water partition coefficient (Wildman–Crippen LogP) is 3.76. The van der Waals surface area contributed by atoms with Crippen molar-refractivity contribution >= 4 is 29.0 Å². The maximum absolute atomic E-state index is 11.2. The Labute approximate surface area is 87.7 Å². The van der Waals surface area contributed by atoms with E-state index in [-0.39, 0.29) is 5.78 Å². The van der Waals surface area contributed by atoms with Crippen LogP contribution in [0.1, 0.15) is 29.8 Å². The van der Waals surface area contributed by atoms with Gasteiger partial charge in [0, 0.05) is 15.6 Å². The highest BCUT2D eigenvalue weighted by atomic mass is 35.5. The van der Waals surface area contributed by atoms with E-state index in [0.717, 1.165) is 12.0 Å². The third-order valence-electron chi connectivity index (χ3n) is 1.89. The minimum absolute atomic E-state index is 0.00116. The van der Waals surface area contributed by atoms with Crippen LogP contribution in [-0.4, -0.2) is 5.78 Å². The lowest BCUT2D eigenvalue weighted by molar-refractivity contribution is 0.101. The molecule has 0 unspecified atom stereocenters. The van der Waals surface area contributed by atoms with Gasteiger partial charge in [0.1, 0.15) is 0 Å².